The molecule has 17 heavy (non-hydrogen) atoms. The molecular weight excluding hydrogens is 218 g/mol. The highest BCUT2D eigenvalue weighted by molar-refractivity contribution is 5.96. The number of carboxylic acids is 1. The van der Waals surface area contributed by atoms with Gasteiger partial charge in [-0.3, -0.25) is 0 Å². The number of carbonyl (C=O) groups is 1. The van der Waals surface area contributed by atoms with E-state index in [9.17, 15) is 4.79 Å². The number of aromatic amines is 1. The smallest absolute Gasteiger partial charge is 0.352 e. The number of fused-ring (bicyclic) bond motifs is 1. The van der Waals surface area contributed by atoms with Gasteiger partial charge in [0.1, 0.15) is 11.4 Å². The number of methoxy groups -OCH3 is 1. The molecule has 0 saturated heterocycles. The second-order valence-electron chi connectivity index (χ2n) is 4.33. The van der Waals surface area contributed by atoms with E-state index in [2.05, 4.69) is 18.8 Å². The van der Waals surface area contributed by atoms with E-state index in [-0.39, 0.29) is 5.69 Å². The van der Waals surface area contributed by atoms with Crippen LogP contribution in [0.5, 0.6) is 5.75 Å². The number of aromatic nitrogens is 1. The van der Waals surface area contributed by atoms with Gasteiger partial charge in [0.25, 0.3) is 0 Å². The van der Waals surface area contributed by atoms with Crippen molar-refractivity contribution in [3.8, 4) is 5.75 Å². The highest BCUT2D eigenvalue weighted by Crippen LogP contribution is 2.31. The summed E-state index contributed by atoms with van der Waals surface area (Å²) >= 11 is 0. The maximum atomic E-state index is 10.9. The lowest BCUT2D eigenvalue weighted by Gasteiger charge is -2.09. The first-order valence-corrected chi connectivity index (χ1v) is 5.47. The zero-order chi connectivity index (χ0) is 12.6. The first kappa shape index (κ1) is 11.5. The fourth-order valence-electron chi connectivity index (χ4n) is 1.84. The molecule has 2 rings (SSSR count). The van der Waals surface area contributed by atoms with Crippen molar-refractivity contribution in [3.63, 3.8) is 0 Å². The molecule has 0 saturated carbocycles. The molecule has 0 spiro atoms. The third kappa shape index (κ3) is 1.98. The van der Waals surface area contributed by atoms with Crippen molar-refractivity contribution in [2.45, 2.75) is 19.8 Å². The molecule has 4 heteroatoms. The second kappa shape index (κ2) is 4.13. The van der Waals surface area contributed by atoms with Gasteiger partial charge in [-0.05, 0) is 29.7 Å². The van der Waals surface area contributed by atoms with Crippen LogP contribution in [0.1, 0.15) is 35.8 Å². The molecule has 1 aromatic heterocycles. The van der Waals surface area contributed by atoms with E-state index in [0.717, 1.165) is 16.5 Å². The Bertz CT molecular complexity index is 569. The maximum Gasteiger partial charge on any atom is 0.352 e. The van der Waals surface area contributed by atoms with Gasteiger partial charge in [0, 0.05) is 5.39 Å². The molecule has 2 aromatic rings. The number of hydrogen-bond donors (Lipinski definition) is 2. The van der Waals surface area contributed by atoms with E-state index in [1.165, 1.54) is 0 Å². The van der Waals surface area contributed by atoms with Crippen LogP contribution in [-0.4, -0.2) is 23.2 Å². The monoisotopic (exact) mass is 233 g/mol. The van der Waals surface area contributed by atoms with Crippen molar-refractivity contribution in [3.05, 3.63) is 29.5 Å². The molecule has 90 valence electrons. The molecule has 0 fully saturated rings. The normalized spacial score (nSPS) is 11.1. The van der Waals surface area contributed by atoms with Crippen LogP contribution in [0.4, 0.5) is 0 Å². The molecule has 0 aliphatic heterocycles. The minimum atomic E-state index is -0.964. The van der Waals surface area contributed by atoms with Crippen molar-refractivity contribution in [1.29, 1.82) is 0 Å². The Morgan fingerprint density at radius 1 is 1.35 bits per heavy atom. The lowest BCUT2D eigenvalue weighted by molar-refractivity contribution is 0.0691. The number of rotatable bonds is 3. The third-order valence-corrected chi connectivity index (χ3v) is 2.84. The molecule has 0 aliphatic rings. The predicted octanol–water partition coefficient (Wildman–Crippen LogP) is 3.00. The van der Waals surface area contributed by atoms with Gasteiger partial charge in [-0.15, -0.1) is 0 Å². The first-order chi connectivity index (χ1) is 8.02. The molecule has 4 nitrogen and oxygen atoms in total. The van der Waals surface area contributed by atoms with Crippen LogP contribution in [0, 0.1) is 0 Å². The first-order valence-electron chi connectivity index (χ1n) is 5.47. The topological polar surface area (TPSA) is 62.3 Å². The molecule has 1 heterocycles. The molecule has 0 bridgehead atoms. The second-order valence-corrected chi connectivity index (χ2v) is 4.33. The van der Waals surface area contributed by atoms with Crippen LogP contribution in [0.3, 0.4) is 0 Å². The lowest BCUT2D eigenvalue weighted by atomic mass is 10.0. The van der Waals surface area contributed by atoms with Crippen molar-refractivity contribution < 1.29 is 14.6 Å². The third-order valence-electron chi connectivity index (χ3n) is 2.84. The standard InChI is InChI=1S/C13H15NO3/c1-7(2)8-4-10-9(12(5-8)17-3)6-11(14-10)13(15)16/h4-7,14H,1-3H3,(H,15,16). The summed E-state index contributed by atoms with van der Waals surface area (Å²) in [5.74, 6) is 0.106. The minimum absolute atomic E-state index is 0.180. The van der Waals surface area contributed by atoms with Gasteiger partial charge in [0.15, 0.2) is 0 Å². The molecule has 0 amide bonds. The number of ether oxygens (including phenoxy) is 1. The van der Waals surface area contributed by atoms with E-state index in [1.807, 2.05) is 12.1 Å². The summed E-state index contributed by atoms with van der Waals surface area (Å²) in [6, 6.07) is 5.52. The van der Waals surface area contributed by atoms with Gasteiger partial charge in [-0.2, -0.15) is 0 Å². The SMILES string of the molecule is COc1cc(C(C)C)cc2[nH]c(C(=O)O)cc12. The average molecular weight is 233 g/mol. The number of benzene rings is 1. The molecule has 0 unspecified atom stereocenters. The summed E-state index contributed by atoms with van der Waals surface area (Å²) in [7, 11) is 1.59. The average Bonchev–Trinajstić information content (AvgIpc) is 2.71. The zero-order valence-corrected chi connectivity index (χ0v) is 10.1. The van der Waals surface area contributed by atoms with Crippen molar-refractivity contribution >= 4 is 16.9 Å². The number of aromatic carboxylic acids is 1. The number of nitrogens with one attached hydrogen (secondary N) is 1. The molecule has 0 atom stereocenters. The van der Waals surface area contributed by atoms with Crippen LogP contribution < -0.4 is 4.74 Å². The number of carboxylic acid groups (broad SMARTS) is 1. The maximum absolute atomic E-state index is 10.9. The van der Waals surface area contributed by atoms with Crippen molar-refractivity contribution in [2.24, 2.45) is 0 Å². The van der Waals surface area contributed by atoms with E-state index < -0.39 is 5.97 Å². The summed E-state index contributed by atoms with van der Waals surface area (Å²) in [5, 5.41) is 9.76. The van der Waals surface area contributed by atoms with Gasteiger partial charge in [0.2, 0.25) is 0 Å². The molecule has 0 aliphatic carbocycles. The van der Waals surface area contributed by atoms with Crippen LogP contribution in [-0.2, 0) is 0 Å². The Balaban J connectivity index is 2.69. The van der Waals surface area contributed by atoms with Crippen molar-refractivity contribution in [2.75, 3.05) is 7.11 Å². The van der Waals surface area contributed by atoms with Crippen LogP contribution >= 0.6 is 0 Å². The largest absolute Gasteiger partial charge is 0.496 e. The highest BCUT2D eigenvalue weighted by Gasteiger charge is 2.13. The Hall–Kier alpha value is -1.97. The molecular formula is C13H15NO3. The van der Waals surface area contributed by atoms with Gasteiger partial charge >= 0.3 is 5.97 Å². The Kier molecular flexibility index (Phi) is 2.79. The summed E-state index contributed by atoms with van der Waals surface area (Å²) in [4.78, 5) is 13.8. The molecule has 2 N–H and O–H groups in total. The summed E-state index contributed by atoms with van der Waals surface area (Å²) in [6.45, 7) is 4.17. The van der Waals surface area contributed by atoms with E-state index in [4.69, 9.17) is 9.84 Å². The molecule has 1 aromatic carbocycles. The van der Waals surface area contributed by atoms with Gasteiger partial charge in [0.05, 0.1) is 12.6 Å². The summed E-state index contributed by atoms with van der Waals surface area (Å²) in [5.41, 5.74) is 2.10. The summed E-state index contributed by atoms with van der Waals surface area (Å²) < 4.78 is 5.30. The van der Waals surface area contributed by atoms with E-state index in [0.29, 0.717) is 11.7 Å². The van der Waals surface area contributed by atoms with Gasteiger partial charge in [-0.1, -0.05) is 13.8 Å². The Morgan fingerprint density at radius 2 is 2.06 bits per heavy atom. The number of hydrogen-bond acceptors (Lipinski definition) is 2. The zero-order valence-electron chi connectivity index (χ0n) is 10.1. The quantitative estimate of drug-likeness (QED) is 0.856. The van der Waals surface area contributed by atoms with Gasteiger partial charge < -0.3 is 14.8 Å². The Labute approximate surface area is 99.2 Å². The van der Waals surface area contributed by atoms with Crippen molar-refractivity contribution in [1.82, 2.24) is 4.98 Å². The number of H-pyrrole nitrogens is 1. The van der Waals surface area contributed by atoms with Crippen LogP contribution in [0.25, 0.3) is 10.9 Å². The van der Waals surface area contributed by atoms with Crippen LogP contribution in [0.15, 0.2) is 18.2 Å². The lowest BCUT2D eigenvalue weighted by Crippen LogP contribution is -1.94. The fourth-order valence-corrected chi connectivity index (χ4v) is 1.84. The van der Waals surface area contributed by atoms with Gasteiger partial charge in [-0.25, -0.2) is 4.79 Å². The fraction of sp³-hybridized carbons (Fsp3) is 0.308. The van der Waals surface area contributed by atoms with E-state index in [1.54, 1.807) is 13.2 Å². The highest BCUT2D eigenvalue weighted by atomic mass is 16.5. The predicted molar refractivity (Wildman–Crippen MR) is 65.9 cm³/mol. The minimum Gasteiger partial charge on any atom is -0.496 e. The van der Waals surface area contributed by atoms with Crippen LogP contribution in [0.2, 0.25) is 0 Å². The summed E-state index contributed by atoms with van der Waals surface area (Å²) in [6.07, 6.45) is 0. The Morgan fingerprint density at radius 3 is 2.59 bits per heavy atom. The molecule has 0 radical (unpaired) electrons. The van der Waals surface area contributed by atoms with E-state index >= 15 is 0 Å².